The Morgan fingerprint density at radius 3 is 2.68 bits per heavy atom. The van der Waals surface area contributed by atoms with Gasteiger partial charge in [0.25, 0.3) is 5.91 Å². The van der Waals surface area contributed by atoms with Crippen LogP contribution in [0.3, 0.4) is 0 Å². The van der Waals surface area contributed by atoms with E-state index in [-0.39, 0.29) is 5.91 Å². The number of benzene rings is 1. The Balaban J connectivity index is 2.01. The van der Waals surface area contributed by atoms with E-state index in [0.717, 1.165) is 18.6 Å². The summed E-state index contributed by atoms with van der Waals surface area (Å²) in [6.07, 6.45) is 2.37. The molecule has 1 aromatic carbocycles. The largest absolute Gasteiger partial charge is 0.368 e. The molecule has 1 aliphatic carbocycles. The van der Waals surface area contributed by atoms with Gasteiger partial charge >= 0.3 is 0 Å². The third-order valence-corrected chi connectivity index (χ3v) is 4.70. The molecule has 4 nitrogen and oxygen atoms in total. The number of fused-ring (bicyclic) bond motifs is 1. The number of aliphatic hydroxyl groups is 1. The molecule has 3 rings (SSSR count). The van der Waals surface area contributed by atoms with Crippen LogP contribution >= 0.6 is 0 Å². The lowest BCUT2D eigenvalue weighted by Gasteiger charge is -2.37. The number of hydrogen-bond donors (Lipinski definition) is 1. The minimum atomic E-state index is -1.16. The van der Waals surface area contributed by atoms with E-state index in [4.69, 9.17) is 0 Å². The van der Waals surface area contributed by atoms with Crippen LogP contribution in [0.25, 0.3) is 0 Å². The van der Waals surface area contributed by atoms with E-state index >= 15 is 0 Å². The molecule has 4 heteroatoms. The molecule has 0 spiro atoms. The molecule has 0 unspecified atom stereocenters. The smallest absolute Gasteiger partial charge is 0.276 e. The van der Waals surface area contributed by atoms with Gasteiger partial charge in [0.05, 0.1) is 5.41 Å². The van der Waals surface area contributed by atoms with Crippen LogP contribution in [0.5, 0.6) is 0 Å². The van der Waals surface area contributed by atoms with Crippen molar-refractivity contribution in [3.05, 3.63) is 35.9 Å². The number of hydrogen-bond acceptors (Lipinski definition) is 3. The first-order valence-electron chi connectivity index (χ1n) is 6.67. The van der Waals surface area contributed by atoms with Crippen molar-refractivity contribution in [2.75, 3.05) is 0 Å². The summed E-state index contributed by atoms with van der Waals surface area (Å²) in [4.78, 5) is 12.5. The molecular weight excluding hydrogens is 240 g/mol. The number of nitrogens with zero attached hydrogens (tertiary/aromatic N) is 2. The Morgan fingerprint density at radius 2 is 2.00 bits per heavy atom. The fourth-order valence-electron chi connectivity index (χ4n) is 3.23. The molecule has 0 saturated heterocycles. The molecule has 1 N–H and O–H groups in total. The van der Waals surface area contributed by atoms with Crippen molar-refractivity contribution in [3.63, 3.8) is 0 Å². The number of carbonyl (C=O) groups is 1. The van der Waals surface area contributed by atoms with Crippen LogP contribution in [0.15, 0.2) is 35.4 Å². The zero-order chi connectivity index (χ0) is 13.7. The molecule has 1 heterocycles. The fourth-order valence-corrected chi connectivity index (χ4v) is 3.23. The maximum atomic E-state index is 12.5. The van der Waals surface area contributed by atoms with E-state index in [1.165, 1.54) is 5.01 Å². The molecular formula is C15H18N2O2. The van der Waals surface area contributed by atoms with Crippen molar-refractivity contribution in [3.8, 4) is 0 Å². The minimum absolute atomic E-state index is 0.229. The fraction of sp³-hybridized carbons (Fsp3) is 0.467. The monoisotopic (exact) mass is 258 g/mol. The normalized spacial score (nSPS) is 33.2. The van der Waals surface area contributed by atoms with Gasteiger partial charge in [0.15, 0.2) is 5.72 Å². The molecule has 0 bridgehead atoms. The summed E-state index contributed by atoms with van der Waals surface area (Å²) in [5, 5.41) is 16.6. The van der Waals surface area contributed by atoms with Crippen molar-refractivity contribution < 1.29 is 9.90 Å². The third kappa shape index (κ3) is 1.49. The highest BCUT2D eigenvalue weighted by Crippen LogP contribution is 2.53. The zero-order valence-corrected chi connectivity index (χ0v) is 11.3. The molecule has 1 saturated carbocycles. The third-order valence-electron chi connectivity index (χ3n) is 4.70. The second-order valence-corrected chi connectivity index (χ2v) is 5.67. The van der Waals surface area contributed by atoms with Gasteiger partial charge in [0.2, 0.25) is 0 Å². The molecule has 1 fully saturated rings. The molecule has 1 aliphatic heterocycles. The highest BCUT2D eigenvalue weighted by molar-refractivity contribution is 5.99. The van der Waals surface area contributed by atoms with Crippen molar-refractivity contribution in [2.45, 2.75) is 38.8 Å². The van der Waals surface area contributed by atoms with Crippen LogP contribution < -0.4 is 0 Å². The molecule has 0 radical (unpaired) electrons. The molecule has 100 valence electrons. The lowest BCUT2D eigenvalue weighted by Crippen LogP contribution is -2.53. The molecule has 0 aromatic heterocycles. The maximum absolute atomic E-state index is 12.5. The number of rotatable bonds is 1. The topological polar surface area (TPSA) is 52.9 Å². The van der Waals surface area contributed by atoms with E-state index in [1.807, 2.05) is 32.0 Å². The lowest BCUT2D eigenvalue weighted by atomic mass is 9.78. The van der Waals surface area contributed by atoms with Gasteiger partial charge in [-0.1, -0.05) is 18.2 Å². The van der Waals surface area contributed by atoms with Crippen LogP contribution in [-0.2, 0) is 0 Å². The van der Waals surface area contributed by atoms with Gasteiger partial charge in [-0.2, -0.15) is 10.1 Å². The summed E-state index contributed by atoms with van der Waals surface area (Å²) in [5.74, 6) is -0.229. The van der Waals surface area contributed by atoms with Gasteiger partial charge in [-0.25, -0.2) is 0 Å². The first-order valence-corrected chi connectivity index (χ1v) is 6.67. The predicted molar refractivity (Wildman–Crippen MR) is 72.6 cm³/mol. The Hall–Kier alpha value is -1.68. The first kappa shape index (κ1) is 12.4. The van der Waals surface area contributed by atoms with E-state index in [2.05, 4.69) is 5.10 Å². The van der Waals surface area contributed by atoms with E-state index < -0.39 is 11.1 Å². The van der Waals surface area contributed by atoms with Gasteiger partial charge < -0.3 is 5.11 Å². The van der Waals surface area contributed by atoms with Crippen LogP contribution in [0.2, 0.25) is 0 Å². The quantitative estimate of drug-likeness (QED) is 0.841. The maximum Gasteiger partial charge on any atom is 0.276 e. The first-order chi connectivity index (χ1) is 8.99. The molecule has 1 aromatic rings. The Labute approximate surface area is 112 Å². The van der Waals surface area contributed by atoms with Gasteiger partial charge in [-0.3, -0.25) is 4.79 Å². The van der Waals surface area contributed by atoms with Gasteiger partial charge in [-0.05, 0) is 45.2 Å². The SMILES string of the molecule is CC1=NN(C(=O)c2ccccc2)[C@@]2(O)CCC[C@@]12C. The van der Waals surface area contributed by atoms with Crippen LogP contribution in [0.1, 0.15) is 43.5 Å². The summed E-state index contributed by atoms with van der Waals surface area (Å²) < 4.78 is 0. The van der Waals surface area contributed by atoms with Crippen molar-refractivity contribution >= 4 is 11.6 Å². The van der Waals surface area contributed by atoms with Gasteiger partial charge in [0.1, 0.15) is 0 Å². The van der Waals surface area contributed by atoms with Crippen molar-refractivity contribution in [1.82, 2.24) is 5.01 Å². The van der Waals surface area contributed by atoms with E-state index in [1.54, 1.807) is 12.1 Å². The summed E-state index contributed by atoms with van der Waals surface area (Å²) in [6.45, 7) is 3.89. The van der Waals surface area contributed by atoms with Gasteiger partial charge in [0, 0.05) is 11.3 Å². The minimum Gasteiger partial charge on any atom is -0.368 e. The highest BCUT2D eigenvalue weighted by Gasteiger charge is 2.62. The second-order valence-electron chi connectivity index (χ2n) is 5.67. The lowest BCUT2D eigenvalue weighted by molar-refractivity contribution is -0.113. The highest BCUT2D eigenvalue weighted by atomic mass is 16.3. The summed E-state index contributed by atoms with van der Waals surface area (Å²) in [6, 6.07) is 9.00. The summed E-state index contributed by atoms with van der Waals surface area (Å²) in [5.41, 5.74) is -0.165. The Morgan fingerprint density at radius 1 is 1.32 bits per heavy atom. The van der Waals surface area contributed by atoms with E-state index in [0.29, 0.717) is 12.0 Å². The molecule has 19 heavy (non-hydrogen) atoms. The second kappa shape index (κ2) is 3.90. The van der Waals surface area contributed by atoms with Crippen LogP contribution in [0.4, 0.5) is 0 Å². The summed E-state index contributed by atoms with van der Waals surface area (Å²) in [7, 11) is 0. The average molecular weight is 258 g/mol. The standard InChI is InChI=1S/C15H18N2O2/c1-11-14(2)9-6-10-15(14,19)17(16-11)13(18)12-7-4-3-5-8-12/h3-5,7-8,19H,6,9-10H2,1-2H3/t14-,15+/m0/s1. The predicted octanol–water partition coefficient (Wildman–Crippen LogP) is 2.40. The Kier molecular flexibility index (Phi) is 2.54. The van der Waals surface area contributed by atoms with E-state index in [9.17, 15) is 9.90 Å². The summed E-state index contributed by atoms with van der Waals surface area (Å²) >= 11 is 0. The zero-order valence-electron chi connectivity index (χ0n) is 11.3. The average Bonchev–Trinajstić information content (AvgIpc) is 2.82. The number of amides is 1. The van der Waals surface area contributed by atoms with Crippen molar-refractivity contribution in [1.29, 1.82) is 0 Å². The van der Waals surface area contributed by atoms with Crippen LogP contribution in [-0.4, -0.2) is 27.5 Å². The van der Waals surface area contributed by atoms with Crippen LogP contribution in [0, 0.1) is 5.41 Å². The molecule has 1 amide bonds. The number of carbonyl (C=O) groups excluding carboxylic acids is 1. The van der Waals surface area contributed by atoms with Crippen molar-refractivity contribution in [2.24, 2.45) is 10.5 Å². The van der Waals surface area contributed by atoms with Gasteiger partial charge in [-0.15, -0.1) is 0 Å². The number of hydrazone groups is 1. The molecule has 2 aliphatic rings. The molecule has 2 atom stereocenters. The Bertz CT molecular complexity index is 555.